The predicted octanol–water partition coefficient (Wildman–Crippen LogP) is 2.57. The van der Waals surface area contributed by atoms with Crippen molar-refractivity contribution in [2.45, 2.75) is 13.5 Å². The van der Waals surface area contributed by atoms with E-state index in [2.05, 4.69) is 4.98 Å². The highest BCUT2D eigenvalue weighted by atomic mass is 32.1. The molecule has 3 rings (SSSR count). The molecular formula is C13H10N2O3S2. The molecule has 7 heteroatoms. The minimum atomic E-state index is -0.942. The van der Waals surface area contributed by atoms with Crippen molar-refractivity contribution in [1.82, 2.24) is 9.55 Å². The molecule has 0 bridgehead atoms. The van der Waals surface area contributed by atoms with Crippen molar-refractivity contribution in [2.24, 2.45) is 0 Å². The van der Waals surface area contributed by atoms with Crippen LogP contribution in [0.25, 0.3) is 10.2 Å². The van der Waals surface area contributed by atoms with Crippen LogP contribution in [0.3, 0.4) is 0 Å². The summed E-state index contributed by atoms with van der Waals surface area (Å²) < 4.78 is 1.51. The van der Waals surface area contributed by atoms with Gasteiger partial charge in [-0.25, -0.2) is 9.78 Å². The number of nitrogens with zero attached hydrogens (tertiary/aromatic N) is 2. The first-order chi connectivity index (χ1) is 9.56. The van der Waals surface area contributed by atoms with Crippen molar-refractivity contribution in [2.75, 3.05) is 0 Å². The molecule has 0 fully saturated rings. The fourth-order valence-electron chi connectivity index (χ4n) is 1.97. The second-order valence-electron chi connectivity index (χ2n) is 4.31. The number of hydrogen-bond acceptors (Lipinski definition) is 5. The number of aromatic carboxylic acids is 1. The zero-order valence-corrected chi connectivity index (χ0v) is 12.1. The van der Waals surface area contributed by atoms with Gasteiger partial charge in [0.1, 0.15) is 9.71 Å². The molecule has 0 aromatic carbocycles. The summed E-state index contributed by atoms with van der Waals surface area (Å²) >= 11 is 2.65. The Labute approximate surface area is 121 Å². The Balaban J connectivity index is 2.03. The first kappa shape index (κ1) is 13.0. The van der Waals surface area contributed by atoms with Gasteiger partial charge in [0, 0.05) is 4.88 Å². The van der Waals surface area contributed by atoms with Crippen LogP contribution in [0.4, 0.5) is 0 Å². The zero-order chi connectivity index (χ0) is 14.3. The van der Waals surface area contributed by atoms with E-state index < -0.39 is 5.97 Å². The number of hydrogen-bond donors (Lipinski definition) is 1. The number of aryl methyl sites for hydroxylation is 1. The third-order valence-electron chi connectivity index (χ3n) is 3.02. The van der Waals surface area contributed by atoms with E-state index in [-0.39, 0.29) is 10.4 Å². The monoisotopic (exact) mass is 306 g/mol. The van der Waals surface area contributed by atoms with Gasteiger partial charge in [-0.05, 0) is 30.0 Å². The Bertz CT molecular complexity index is 860. The smallest absolute Gasteiger partial charge is 0.345 e. The molecule has 0 spiro atoms. The van der Waals surface area contributed by atoms with Gasteiger partial charge in [-0.1, -0.05) is 0 Å². The van der Waals surface area contributed by atoms with Crippen molar-refractivity contribution >= 4 is 38.9 Å². The Hall–Kier alpha value is -1.99. The lowest BCUT2D eigenvalue weighted by molar-refractivity contribution is 0.0702. The zero-order valence-electron chi connectivity index (χ0n) is 10.5. The summed E-state index contributed by atoms with van der Waals surface area (Å²) in [6.45, 7) is 2.20. The van der Waals surface area contributed by atoms with Crippen LogP contribution in [0.1, 0.15) is 20.1 Å². The number of aromatic nitrogens is 2. The number of carboxylic acids is 1. The first-order valence-electron chi connectivity index (χ1n) is 5.81. The maximum atomic E-state index is 12.3. The average molecular weight is 306 g/mol. The van der Waals surface area contributed by atoms with Gasteiger partial charge >= 0.3 is 5.97 Å². The average Bonchev–Trinajstić information content (AvgIpc) is 3.00. The van der Waals surface area contributed by atoms with Crippen molar-refractivity contribution in [3.8, 4) is 0 Å². The molecule has 3 aromatic heterocycles. The van der Waals surface area contributed by atoms with Crippen LogP contribution in [-0.2, 0) is 6.54 Å². The van der Waals surface area contributed by atoms with Crippen LogP contribution < -0.4 is 5.56 Å². The van der Waals surface area contributed by atoms with Crippen LogP contribution in [0.5, 0.6) is 0 Å². The van der Waals surface area contributed by atoms with E-state index in [4.69, 9.17) is 5.11 Å². The number of rotatable bonds is 3. The largest absolute Gasteiger partial charge is 0.477 e. The van der Waals surface area contributed by atoms with Crippen LogP contribution in [0, 0.1) is 6.92 Å². The van der Waals surface area contributed by atoms with E-state index in [1.807, 2.05) is 12.3 Å². The van der Waals surface area contributed by atoms with Gasteiger partial charge < -0.3 is 5.11 Å². The highest BCUT2D eigenvalue weighted by molar-refractivity contribution is 7.16. The van der Waals surface area contributed by atoms with Gasteiger partial charge in [0.2, 0.25) is 0 Å². The molecule has 20 heavy (non-hydrogen) atoms. The van der Waals surface area contributed by atoms with Gasteiger partial charge in [0.05, 0.1) is 18.3 Å². The summed E-state index contributed by atoms with van der Waals surface area (Å²) in [4.78, 5) is 29.4. The molecule has 0 aliphatic rings. The lowest BCUT2D eigenvalue weighted by Crippen LogP contribution is -2.20. The maximum absolute atomic E-state index is 12.3. The molecule has 5 nitrogen and oxygen atoms in total. The SMILES string of the molecule is Cc1sc(C(=O)O)cc1Cn1cnc2sccc2c1=O. The van der Waals surface area contributed by atoms with E-state index in [1.54, 1.807) is 12.1 Å². The van der Waals surface area contributed by atoms with Gasteiger partial charge in [-0.3, -0.25) is 9.36 Å². The molecule has 0 unspecified atom stereocenters. The Morgan fingerprint density at radius 2 is 2.30 bits per heavy atom. The summed E-state index contributed by atoms with van der Waals surface area (Å²) in [6, 6.07) is 3.38. The second kappa shape index (κ2) is 4.84. The fraction of sp³-hybridized carbons (Fsp3) is 0.154. The predicted molar refractivity (Wildman–Crippen MR) is 79.0 cm³/mol. The molecule has 0 aliphatic carbocycles. The molecule has 102 valence electrons. The highest BCUT2D eigenvalue weighted by Crippen LogP contribution is 2.22. The second-order valence-corrected chi connectivity index (χ2v) is 6.47. The van der Waals surface area contributed by atoms with Crippen molar-refractivity contribution < 1.29 is 9.90 Å². The molecule has 0 saturated heterocycles. The summed E-state index contributed by atoms with van der Waals surface area (Å²) in [7, 11) is 0. The fourth-order valence-corrected chi connectivity index (χ4v) is 3.57. The lowest BCUT2D eigenvalue weighted by Gasteiger charge is -2.04. The minimum absolute atomic E-state index is 0.0984. The van der Waals surface area contributed by atoms with E-state index >= 15 is 0 Å². The van der Waals surface area contributed by atoms with Gasteiger partial charge in [-0.2, -0.15) is 0 Å². The van der Waals surface area contributed by atoms with E-state index in [0.717, 1.165) is 15.3 Å². The van der Waals surface area contributed by atoms with Crippen LogP contribution in [0.15, 0.2) is 28.6 Å². The number of carbonyl (C=O) groups is 1. The van der Waals surface area contributed by atoms with Gasteiger partial charge in [-0.15, -0.1) is 22.7 Å². The Kier molecular flexibility index (Phi) is 3.15. The molecule has 0 amide bonds. The quantitative estimate of drug-likeness (QED) is 0.807. The Morgan fingerprint density at radius 3 is 3.00 bits per heavy atom. The third-order valence-corrected chi connectivity index (χ3v) is 4.92. The molecule has 0 atom stereocenters. The number of fused-ring (bicyclic) bond motifs is 1. The molecule has 0 aliphatic heterocycles. The van der Waals surface area contributed by atoms with Crippen LogP contribution in [0.2, 0.25) is 0 Å². The van der Waals surface area contributed by atoms with E-state index in [0.29, 0.717) is 11.9 Å². The van der Waals surface area contributed by atoms with Crippen molar-refractivity contribution in [1.29, 1.82) is 0 Å². The molecular weight excluding hydrogens is 296 g/mol. The topological polar surface area (TPSA) is 72.2 Å². The van der Waals surface area contributed by atoms with Gasteiger partial charge in [0.15, 0.2) is 0 Å². The number of thiophene rings is 2. The highest BCUT2D eigenvalue weighted by Gasteiger charge is 2.12. The molecule has 3 aromatic rings. The normalized spacial score (nSPS) is 11.1. The molecule has 3 heterocycles. The van der Waals surface area contributed by atoms with Crippen LogP contribution >= 0.6 is 22.7 Å². The Morgan fingerprint density at radius 1 is 1.50 bits per heavy atom. The summed E-state index contributed by atoms with van der Waals surface area (Å²) in [5.74, 6) is -0.942. The molecule has 1 N–H and O–H groups in total. The minimum Gasteiger partial charge on any atom is -0.477 e. The number of carboxylic acid groups (broad SMARTS) is 1. The van der Waals surface area contributed by atoms with Crippen molar-refractivity contribution in [3.05, 3.63) is 49.5 Å². The maximum Gasteiger partial charge on any atom is 0.345 e. The molecule has 0 radical (unpaired) electrons. The summed E-state index contributed by atoms with van der Waals surface area (Å²) in [5.41, 5.74) is 0.740. The summed E-state index contributed by atoms with van der Waals surface area (Å²) in [5, 5.41) is 11.4. The standard InChI is InChI=1S/C13H10N2O3S2/c1-7-8(4-10(20-7)13(17)18)5-15-6-14-11-9(12(15)16)2-3-19-11/h2-4,6H,5H2,1H3,(H,17,18). The summed E-state index contributed by atoms with van der Waals surface area (Å²) in [6.07, 6.45) is 1.51. The van der Waals surface area contributed by atoms with E-state index in [1.165, 1.54) is 33.6 Å². The van der Waals surface area contributed by atoms with Gasteiger partial charge in [0.25, 0.3) is 5.56 Å². The van der Waals surface area contributed by atoms with E-state index in [9.17, 15) is 9.59 Å². The first-order valence-corrected chi connectivity index (χ1v) is 7.51. The lowest BCUT2D eigenvalue weighted by atomic mass is 10.2. The molecule has 0 saturated carbocycles. The van der Waals surface area contributed by atoms with Crippen molar-refractivity contribution in [3.63, 3.8) is 0 Å². The third kappa shape index (κ3) is 2.14. The van der Waals surface area contributed by atoms with Crippen LogP contribution in [-0.4, -0.2) is 20.6 Å².